The lowest BCUT2D eigenvalue weighted by molar-refractivity contribution is 0.0651. The molecule has 0 saturated carbocycles. The molecule has 1 N–H and O–H groups in total. The predicted octanol–water partition coefficient (Wildman–Crippen LogP) is 3.54. The number of carbonyl (C=O) groups is 1. The van der Waals surface area contributed by atoms with Crippen molar-refractivity contribution in [1.29, 1.82) is 0 Å². The Labute approximate surface area is 126 Å². The average Bonchev–Trinajstić information content (AvgIpc) is 2.52. The van der Waals surface area contributed by atoms with Crippen molar-refractivity contribution in [3.63, 3.8) is 0 Å². The fourth-order valence-corrected chi connectivity index (χ4v) is 1.99. The van der Waals surface area contributed by atoms with Crippen molar-refractivity contribution < 1.29 is 9.53 Å². The third kappa shape index (κ3) is 4.72. The Morgan fingerprint density at radius 2 is 1.62 bits per heavy atom. The number of benzene rings is 2. The molecule has 0 spiro atoms. The molecule has 0 heterocycles. The van der Waals surface area contributed by atoms with Gasteiger partial charge in [0.25, 0.3) is 5.91 Å². The minimum absolute atomic E-state index is 0.0600. The van der Waals surface area contributed by atoms with Gasteiger partial charge < -0.3 is 10.1 Å². The quantitative estimate of drug-likeness (QED) is 0.880. The third-order valence-corrected chi connectivity index (χ3v) is 3.17. The largest absolute Gasteiger partial charge is 0.374 e. The Kier molecular flexibility index (Phi) is 5.52. The van der Waals surface area contributed by atoms with Gasteiger partial charge in [-0.05, 0) is 37.1 Å². The molecule has 110 valence electrons. The summed E-state index contributed by atoms with van der Waals surface area (Å²) in [5.74, 6) is -0.0600. The van der Waals surface area contributed by atoms with Crippen molar-refractivity contribution >= 4 is 5.91 Å². The van der Waals surface area contributed by atoms with Crippen LogP contribution in [0.5, 0.6) is 0 Å². The van der Waals surface area contributed by atoms with Gasteiger partial charge in [-0.15, -0.1) is 0 Å². The molecule has 21 heavy (non-hydrogen) atoms. The zero-order valence-corrected chi connectivity index (χ0v) is 12.5. The van der Waals surface area contributed by atoms with Crippen LogP contribution in [0.2, 0.25) is 0 Å². The molecule has 0 aromatic heterocycles. The first-order valence-corrected chi connectivity index (χ1v) is 7.18. The number of nitrogens with one attached hydrogen (secondary N) is 1. The van der Waals surface area contributed by atoms with Crippen LogP contribution in [0, 0.1) is 0 Å². The Balaban J connectivity index is 1.98. The fourth-order valence-electron chi connectivity index (χ4n) is 1.99. The van der Waals surface area contributed by atoms with Gasteiger partial charge in [0.05, 0.1) is 12.7 Å². The van der Waals surface area contributed by atoms with Crippen LogP contribution in [-0.4, -0.2) is 12.0 Å². The van der Waals surface area contributed by atoms with Crippen molar-refractivity contribution in [1.82, 2.24) is 5.32 Å². The first-order chi connectivity index (χ1) is 10.2. The Morgan fingerprint density at radius 1 is 1.00 bits per heavy atom. The summed E-state index contributed by atoms with van der Waals surface area (Å²) in [6.07, 6.45) is 0.192. The van der Waals surface area contributed by atoms with E-state index in [1.165, 1.54) is 0 Å². The molecule has 2 aromatic rings. The molecule has 0 aliphatic carbocycles. The van der Waals surface area contributed by atoms with E-state index in [0.29, 0.717) is 18.7 Å². The standard InChI is InChI=1S/C18H21NO2/c1-14(2)21-13-17-11-7-6-10-16(17)12-19-18(20)15-8-4-3-5-9-15/h3-11,14H,12-13H2,1-2H3,(H,19,20). The van der Waals surface area contributed by atoms with E-state index in [1.54, 1.807) is 0 Å². The molecule has 3 heteroatoms. The summed E-state index contributed by atoms with van der Waals surface area (Å²) >= 11 is 0. The fraction of sp³-hybridized carbons (Fsp3) is 0.278. The normalized spacial score (nSPS) is 10.6. The minimum atomic E-state index is -0.0600. The van der Waals surface area contributed by atoms with E-state index in [0.717, 1.165) is 11.1 Å². The topological polar surface area (TPSA) is 38.3 Å². The zero-order chi connectivity index (χ0) is 15.1. The molecule has 0 aliphatic heterocycles. The molecule has 0 radical (unpaired) electrons. The van der Waals surface area contributed by atoms with Gasteiger partial charge in [-0.25, -0.2) is 0 Å². The van der Waals surface area contributed by atoms with E-state index in [4.69, 9.17) is 4.74 Å². The summed E-state index contributed by atoms with van der Waals surface area (Å²) in [6, 6.07) is 17.3. The van der Waals surface area contributed by atoms with E-state index >= 15 is 0 Å². The van der Waals surface area contributed by atoms with Gasteiger partial charge >= 0.3 is 0 Å². The maximum absolute atomic E-state index is 12.1. The molecule has 2 rings (SSSR count). The maximum Gasteiger partial charge on any atom is 0.251 e. The summed E-state index contributed by atoms with van der Waals surface area (Å²) in [7, 11) is 0. The third-order valence-electron chi connectivity index (χ3n) is 3.17. The molecule has 0 atom stereocenters. The average molecular weight is 283 g/mol. The van der Waals surface area contributed by atoms with Gasteiger partial charge in [0.1, 0.15) is 0 Å². The van der Waals surface area contributed by atoms with Crippen LogP contribution in [0.3, 0.4) is 0 Å². The lowest BCUT2D eigenvalue weighted by Gasteiger charge is -2.13. The van der Waals surface area contributed by atoms with Crippen LogP contribution in [0.25, 0.3) is 0 Å². The minimum Gasteiger partial charge on any atom is -0.374 e. The Bertz CT molecular complexity index is 579. The van der Waals surface area contributed by atoms with Gasteiger partial charge in [0.2, 0.25) is 0 Å². The summed E-state index contributed by atoms with van der Waals surface area (Å²) < 4.78 is 5.65. The van der Waals surface area contributed by atoms with Crippen LogP contribution in [0.15, 0.2) is 54.6 Å². The molecular weight excluding hydrogens is 262 g/mol. The zero-order valence-electron chi connectivity index (χ0n) is 12.5. The summed E-state index contributed by atoms with van der Waals surface area (Å²) in [6.45, 7) is 5.10. The number of amides is 1. The first-order valence-electron chi connectivity index (χ1n) is 7.18. The lowest BCUT2D eigenvalue weighted by atomic mass is 10.1. The number of rotatable bonds is 6. The highest BCUT2D eigenvalue weighted by molar-refractivity contribution is 5.94. The molecule has 0 bridgehead atoms. The second-order valence-electron chi connectivity index (χ2n) is 5.18. The molecular formula is C18H21NO2. The van der Waals surface area contributed by atoms with Crippen LogP contribution < -0.4 is 5.32 Å². The molecule has 0 saturated heterocycles. The van der Waals surface area contributed by atoms with E-state index in [2.05, 4.69) is 5.32 Å². The monoisotopic (exact) mass is 283 g/mol. The van der Waals surface area contributed by atoms with Crippen molar-refractivity contribution in [2.75, 3.05) is 0 Å². The highest BCUT2D eigenvalue weighted by atomic mass is 16.5. The molecule has 1 amide bonds. The van der Waals surface area contributed by atoms with Crippen LogP contribution in [-0.2, 0) is 17.9 Å². The number of ether oxygens (including phenoxy) is 1. The lowest BCUT2D eigenvalue weighted by Crippen LogP contribution is -2.23. The highest BCUT2D eigenvalue weighted by Crippen LogP contribution is 2.11. The number of carbonyl (C=O) groups excluding carboxylic acids is 1. The van der Waals surface area contributed by atoms with Gasteiger partial charge in [-0.3, -0.25) is 4.79 Å². The second kappa shape index (κ2) is 7.60. The van der Waals surface area contributed by atoms with Crippen LogP contribution >= 0.6 is 0 Å². The van der Waals surface area contributed by atoms with E-state index < -0.39 is 0 Å². The van der Waals surface area contributed by atoms with E-state index in [1.807, 2.05) is 68.4 Å². The SMILES string of the molecule is CC(C)OCc1ccccc1CNC(=O)c1ccccc1. The summed E-state index contributed by atoms with van der Waals surface area (Å²) in [4.78, 5) is 12.1. The smallest absolute Gasteiger partial charge is 0.251 e. The molecule has 2 aromatic carbocycles. The highest BCUT2D eigenvalue weighted by Gasteiger charge is 2.07. The van der Waals surface area contributed by atoms with Gasteiger partial charge in [0.15, 0.2) is 0 Å². The van der Waals surface area contributed by atoms with Crippen LogP contribution in [0.1, 0.15) is 35.3 Å². The molecule has 3 nitrogen and oxygen atoms in total. The first kappa shape index (κ1) is 15.3. The number of hydrogen-bond donors (Lipinski definition) is 1. The van der Waals surface area contributed by atoms with Gasteiger partial charge in [0, 0.05) is 12.1 Å². The van der Waals surface area contributed by atoms with Crippen molar-refractivity contribution in [2.45, 2.75) is 33.1 Å². The molecule has 0 fully saturated rings. The van der Waals surface area contributed by atoms with Gasteiger partial charge in [-0.1, -0.05) is 42.5 Å². The second-order valence-corrected chi connectivity index (χ2v) is 5.18. The predicted molar refractivity (Wildman–Crippen MR) is 84.0 cm³/mol. The Hall–Kier alpha value is -2.13. The Morgan fingerprint density at radius 3 is 2.29 bits per heavy atom. The van der Waals surface area contributed by atoms with Gasteiger partial charge in [-0.2, -0.15) is 0 Å². The van der Waals surface area contributed by atoms with E-state index in [-0.39, 0.29) is 12.0 Å². The molecule has 0 unspecified atom stereocenters. The van der Waals surface area contributed by atoms with Crippen LogP contribution in [0.4, 0.5) is 0 Å². The van der Waals surface area contributed by atoms with Crippen molar-refractivity contribution in [3.05, 3.63) is 71.3 Å². The summed E-state index contributed by atoms with van der Waals surface area (Å²) in [5.41, 5.74) is 2.87. The van der Waals surface area contributed by atoms with Crippen molar-refractivity contribution in [3.8, 4) is 0 Å². The maximum atomic E-state index is 12.1. The number of hydrogen-bond acceptors (Lipinski definition) is 2. The molecule has 0 aliphatic rings. The summed E-state index contributed by atoms with van der Waals surface area (Å²) in [5, 5.41) is 2.95. The van der Waals surface area contributed by atoms with Crippen molar-refractivity contribution in [2.24, 2.45) is 0 Å². The van der Waals surface area contributed by atoms with E-state index in [9.17, 15) is 4.79 Å².